The minimum Gasteiger partial charge on any atom is -0.342 e. The van der Waals surface area contributed by atoms with Crippen LogP contribution in [0.4, 0.5) is 0 Å². The zero-order chi connectivity index (χ0) is 17.9. The maximum absolute atomic E-state index is 12.7. The van der Waals surface area contributed by atoms with Gasteiger partial charge in [0.15, 0.2) is 0 Å². The number of pyridine rings is 1. The van der Waals surface area contributed by atoms with Crippen molar-refractivity contribution < 1.29 is 4.79 Å². The molecule has 0 spiro atoms. The molecule has 132 valence electrons. The summed E-state index contributed by atoms with van der Waals surface area (Å²) in [4.78, 5) is 19.4. The van der Waals surface area contributed by atoms with Crippen molar-refractivity contribution in [2.24, 2.45) is 0 Å². The summed E-state index contributed by atoms with van der Waals surface area (Å²) in [5, 5.41) is 2.39. The second-order valence-electron chi connectivity index (χ2n) is 7.30. The lowest BCUT2D eigenvalue weighted by Crippen LogP contribution is -2.40. The molecule has 1 amide bonds. The molecule has 0 unspecified atom stereocenters. The minimum atomic E-state index is 0.222. The summed E-state index contributed by atoms with van der Waals surface area (Å²) in [6.07, 6.45) is 4.58. The van der Waals surface area contributed by atoms with E-state index in [4.69, 9.17) is 0 Å². The number of fused-ring (bicyclic) bond motifs is 1. The lowest BCUT2D eigenvalue weighted by atomic mass is 9.93. The third-order valence-corrected chi connectivity index (χ3v) is 5.32. The van der Waals surface area contributed by atoms with Crippen LogP contribution in [0.15, 0.2) is 60.8 Å². The number of likely N-dealkylation sites (tertiary alicyclic amines) is 1. The predicted molar refractivity (Wildman–Crippen MR) is 105 cm³/mol. The van der Waals surface area contributed by atoms with Gasteiger partial charge in [0.1, 0.15) is 0 Å². The zero-order valence-corrected chi connectivity index (χ0v) is 15.2. The molecule has 0 aliphatic carbocycles. The molecule has 26 heavy (non-hydrogen) atoms. The van der Waals surface area contributed by atoms with Crippen molar-refractivity contribution in [3.8, 4) is 0 Å². The summed E-state index contributed by atoms with van der Waals surface area (Å²) in [7, 11) is 0. The Balaban J connectivity index is 1.47. The molecule has 0 radical (unpaired) electrons. The lowest BCUT2D eigenvalue weighted by molar-refractivity contribution is -0.131. The number of benzene rings is 2. The molecule has 1 aliphatic heterocycles. The van der Waals surface area contributed by atoms with Crippen molar-refractivity contribution in [1.29, 1.82) is 0 Å². The Bertz CT molecular complexity index is 917. The van der Waals surface area contributed by atoms with E-state index < -0.39 is 0 Å². The van der Waals surface area contributed by atoms with Crippen LogP contribution in [0.1, 0.15) is 35.6 Å². The fraction of sp³-hybridized carbons (Fsp3) is 0.304. The molecule has 0 N–H and O–H groups in total. The van der Waals surface area contributed by atoms with Crippen LogP contribution in [0.25, 0.3) is 10.8 Å². The van der Waals surface area contributed by atoms with Crippen LogP contribution in [0.2, 0.25) is 0 Å². The number of hydrogen-bond donors (Lipinski definition) is 0. The fourth-order valence-corrected chi connectivity index (χ4v) is 3.76. The smallest absolute Gasteiger partial charge is 0.227 e. The quantitative estimate of drug-likeness (QED) is 0.701. The van der Waals surface area contributed by atoms with Crippen molar-refractivity contribution in [2.45, 2.75) is 32.1 Å². The van der Waals surface area contributed by atoms with Crippen molar-refractivity contribution in [3.63, 3.8) is 0 Å². The fourth-order valence-electron chi connectivity index (χ4n) is 3.76. The highest BCUT2D eigenvalue weighted by atomic mass is 16.2. The summed E-state index contributed by atoms with van der Waals surface area (Å²) in [6, 6.07) is 18.8. The van der Waals surface area contributed by atoms with Gasteiger partial charge in [0, 0.05) is 36.3 Å². The molecule has 1 aromatic heterocycles. The van der Waals surface area contributed by atoms with Gasteiger partial charge in [0.2, 0.25) is 5.91 Å². The Labute approximate surface area is 154 Å². The Morgan fingerprint density at radius 2 is 1.88 bits per heavy atom. The van der Waals surface area contributed by atoms with E-state index in [9.17, 15) is 4.79 Å². The molecular formula is C23H24N2O. The van der Waals surface area contributed by atoms with Gasteiger partial charge in [-0.1, -0.05) is 54.1 Å². The van der Waals surface area contributed by atoms with E-state index >= 15 is 0 Å². The van der Waals surface area contributed by atoms with Gasteiger partial charge in [-0.05, 0) is 36.8 Å². The van der Waals surface area contributed by atoms with E-state index in [2.05, 4.69) is 60.4 Å². The van der Waals surface area contributed by atoms with Gasteiger partial charge in [-0.15, -0.1) is 0 Å². The zero-order valence-electron chi connectivity index (χ0n) is 15.2. The SMILES string of the molecule is Cc1ccc(CC(=O)N2CCC[C@H](c3cc4ccccc4cn3)C2)cc1. The van der Waals surface area contributed by atoms with Crippen LogP contribution in [0.5, 0.6) is 0 Å². The molecule has 3 nitrogen and oxygen atoms in total. The predicted octanol–water partition coefficient (Wildman–Crippen LogP) is 4.49. The Morgan fingerprint density at radius 3 is 2.69 bits per heavy atom. The molecule has 1 atom stereocenters. The monoisotopic (exact) mass is 344 g/mol. The number of aromatic nitrogens is 1. The van der Waals surface area contributed by atoms with Crippen LogP contribution in [-0.4, -0.2) is 28.9 Å². The van der Waals surface area contributed by atoms with Gasteiger partial charge >= 0.3 is 0 Å². The van der Waals surface area contributed by atoms with Crippen LogP contribution >= 0.6 is 0 Å². The number of piperidine rings is 1. The molecule has 2 heterocycles. The summed E-state index contributed by atoms with van der Waals surface area (Å²) >= 11 is 0. The summed E-state index contributed by atoms with van der Waals surface area (Å²) < 4.78 is 0. The van der Waals surface area contributed by atoms with Gasteiger partial charge in [0.25, 0.3) is 0 Å². The summed E-state index contributed by atoms with van der Waals surface area (Å²) in [5.74, 6) is 0.551. The first-order chi connectivity index (χ1) is 12.7. The highest BCUT2D eigenvalue weighted by Gasteiger charge is 2.25. The minimum absolute atomic E-state index is 0.222. The van der Waals surface area contributed by atoms with E-state index in [0.29, 0.717) is 12.3 Å². The third kappa shape index (κ3) is 3.62. The Morgan fingerprint density at radius 1 is 1.12 bits per heavy atom. The van der Waals surface area contributed by atoms with Crippen molar-refractivity contribution in [2.75, 3.05) is 13.1 Å². The number of hydrogen-bond acceptors (Lipinski definition) is 2. The first kappa shape index (κ1) is 16.8. The van der Waals surface area contributed by atoms with Crippen LogP contribution in [0.3, 0.4) is 0 Å². The second-order valence-corrected chi connectivity index (χ2v) is 7.30. The molecule has 0 bridgehead atoms. The van der Waals surface area contributed by atoms with Gasteiger partial charge in [-0.2, -0.15) is 0 Å². The van der Waals surface area contributed by atoms with E-state index in [0.717, 1.165) is 37.2 Å². The van der Waals surface area contributed by atoms with Gasteiger partial charge < -0.3 is 4.90 Å². The maximum atomic E-state index is 12.7. The first-order valence-electron chi connectivity index (χ1n) is 9.37. The van der Waals surface area contributed by atoms with E-state index in [1.807, 2.05) is 17.2 Å². The molecule has 2 aromatic carbocycles. The number of carbonyl (C=O) groups excluding carboxylic acids is 1. The molecule has 1 aliphatic rings. The topological polar surface area (TPSA) is 33.2 Å². The number of carbonyl (C=O) groups is 1. The molecule has 3 aromatic rings. The Kier molecular flexibility index (Phi) is 4.70. The number of rotatable bonds is 3. The van der Waals surface area contributed by atoms with Crippen molar-refractivity contribution in [3.05, 3.63) is 77.6 Å². The third-order valence-electron chi connectivity index (χ3n) is 5.32. The van der Waals surface area contributed by atoms with Crippen LogP contribution in [0, 0.1) is 6.92 Å². The summed E-state index contributed by atoms with van der Waals surface area (Å²) in [6.45, 7) is 3.70. The summed E-state index contributed by atoms with van der Waals surface area (Å²) in [5.41, 5.74) is 3.42. The van der Waals surface area contributed by atoms with Crippen molar-refractivity contribution >= 4 is 16.7 Å². The molecule has 0 saturated carbocycles. The van der Waals surface area contributed by atoms with Crippen LogP contribution in [-0.2, 0) is 11.2 Å². The van der Waals surface area contributed by atoms with Crippen LogP contribution < -0.4 is 0 Å². The van der Waals surface area contributed by atoms with Gasteiger partial charge in [-0.25, -0.2) is 0 Å². The molecule has 4 rings (SSSR count). The Hall–Kier alpha value is -2.68. The number of nitrogens with zero attached hydrogens (tertiary/aromatic N) is 2. The molecule has 1 fully saturated rings. The number of aryl methyl sites for hydroxylation is 1. The highest BCUT2D eigenvalue weighted by Crippen LogP contribution is 2.28. The van der Waals surface area contributed by atoms with Gasteiger partial charge in [-0.3, -0.25) is 9.78 Å². The van der Waals surface area contributed by atoms with Crippen molar-refractivity contribution in [1.82, 2.24) is 9.88 Å². The lowest BCUT2D eigenvalue weighted by Gasteiger charge is -2.32. The number of amides is 1. The van der Waals surface area contributed by atoms with Gasteiger partial charge in [0.05, 0.1) is 6.42 Å². The molecule has 3 heteroatoms. The van der Waals surface area contributed by atoms with E-state index in [-0.39, 0.29) is 5.91 Å². The maximum Gasteiger partial charge on any atom is 0.227 e. The standard InChI is InChI=1S/C23H24N2O/c1-17-8-10-18(11-9-17)13-23(26)25-12-4-7-21(16-25)22-14-19-5-2-3-6-20(19)15-24-22/h2-3,5-6,8-11,14-15,21H,4,7,12-13,16H2,1H3/t21-/m0/s1. The van der Waals surface area contributed by atoms with E-state index in [1.54, 1.807) is 0 Å². The molecular weight excluding hydrogens is 320 g/mol. The first-order valence-corrected chi connectivity index (χ1v) is 9.37. The largest absolute Gasteiger partial charge is 0.342 e. The highest BCUT2D eigenvalue weighted by molar-refractivity contribution is 5.82. The normalized spacial score (nSPS) is 17.4. The average Bonchev–Trinajstić information content (AvgIpc) is 2.69. The second kappa shape index (κ2) is 7.28. The molecule has 1 saturated heterocycles. The van der Waals surface area contributed by atoms with E-state index in [1.165, 1.54) is 16.3 Å². The average molecular weight is 344 g/mol.